The molecule has 0 aliphatic carbocycles. The molecule has 3 rings (SSSR count). The minimum Gasteiger partial charge on any atom is -0.466 e. The molecule has 1 heterocycles. The number of hydrogen-bond acceptors (Lipinski definition) is 6. The molecule has 0 atom stereocenters. The quantitative estimate of drug-likeness (QED) is 0.488. The summed E-state index contributed by atoms with van der Waals surface area (Å²) < 4.78 is 10.3. The molecule has 0 unspecified atom stereocenters. The molecule has 1 aliphatic heterocycles. The maximum absolute atomic E-state index is 12.9. The number of aryl methyl sites for hydroxylation is 1. The van der Waals surface area contributed by atoms with Gasteiger partial charge in [0.25, 0.3) is 5.91 Å². The summed E-state index contributed by atoms with van der Waals surface area (Å²) in [6.07, 6.45) is 1.04. The summed E-state index contributed by atoms with van der Waals surface area (Å²) in [6.45, 7) is 4.41. The Morgan fingerprint density at radius 3 is 2.16 bits per heavy atom. The molecular formula is C25H27NO6. The van der Waals surface area contributed by atoms with Gasteiger partial charge < -0.3 is 14.4 Å². The topological polar surface area (TPSA) is 90.0 Å². The van der Waals surface area contributed by atoms with Gasteiger partial charge in [0, 0.05) is 24.2 Å². The van der Waals surface area contributed by atoms with E-state index < -0.39 is 12.6 Å². The fraction of sp³-hybridized carbons (Fsp3) is 0.360. The van der Waals surface area contributed by atoms with Crippen molar-refractivity contribution < 1.29 is 28.7 Å². The molecular weight excluding hydrogens is 410 g/mol. The van der Waals surface area contributed by atoms with E-state index in [1.54, 1.807) is 42.2 Å². The second kappa shape index (κ2) is 10.7. The van der Waals surface area contributed by atoms with E-state index in [0.717, 1.165) is 5.56 Å². The molecule has 1 fully saturated rings. The summed E-state index contributed by atoms with van der Waals surface area (Å²) in [4.78, 5) is 51.4. The summed E-state index contributed by atoms with van der Waals surface area (Å²) in [5, 5.41) is 0. The number of rotatable bonds is 7. The van der Waals surface area contributed by atoms with Gasteiger partial charge >= 0.3 is 11.9 Å². The monoisotopic (exact) mass is 437 g/mol. The van der Waals surface area contributed by atoms with Gasteiger partial charge in [-0.15, -0.1) is 0 Å². The van der Waals surface area contributed by atoms with Crippen molar-refractivity contribution in [1.29, 1.82) is 0 Å². The van der Waals surface area contributed by atoms with E-state index in [-0.39, 0.29) is 34.7 Å². The molecule has 2 aromatic rings. The molecule has 0 saturated carbocycles. The maximum Gasteiger partial charge on any atom is 0.339 e. The van der Waals surface area contributed by atoms with Crippen LogP contribution in [0.15, 0.2) is 48.5 Å². The second-order valence-corrected chi connectivity index (χ2v) is 7.72. The third-order valence-electron chi connectivity index (χ3n) is 5.50. The van der Waals surface area contributed by atoms with Crippen molar-refractivity contribution in [1.82, 2.24) is 4.90 Å². The molecule has 1 aliphatic rings. The predicted molar refractivity (Wildman–Crippen MR) is 117 cm³/mol. The van der Waals surface area contributed by atoms with E-state index >= 15 is 0 Å². The van der Waals surface area contributed by atoms with Gasteiger partial charge in [-0.2, -0.15) is 0 Å². The average molecular weight is 437 g/mol. The van der Waals surface area contributed by atoms with Gasteiger partial charge in [-0.1, -0.05) is 48.0 Å². The summed E-state index contributed by atoms with van der Waals surface area (Å²) in [5.74, 6) is -1.79. The van der Waals surface area contributed by atoms with Crippen LogP contribution in [-0.4, -0.2) is 54.8 Å². The van der Waals surface area contributed by atoms with Crippen molar-refractivity contribution in [2.45, 2.75) is 26.7 Å². The van der Waals surface area contributed by atoms with Crippen LogP contribution in [0.3, 0.4) is 0 Å². The van der Waals surface area contributed by atoms with Crippen molar-refractivity contribution in [3.8, 4) is 0 Å². The number of carbonyl (C=O) groups excluding carboxylic acids is 4. The maximum atomic E-state index is 12.9. The van der Waals surface area contributed by atoms with Gasteiger partial charge in [-0.05, 0) is 32.8 Å². The molecule has 168 valence electrons. The summed E-state index contributed by atoms with van der Waals surface area (Å²) in [7, 11) is 0. The van der Waals surface area contributed by atoms with Crippen LogP contribution in [0, 0.1) is 12.8 Å². The Kier molecular flexibility index (Phi) is 7.76. The molecule has 1 amide bonds. The first-order valence-electron chi connectivity index (χ1n) is 10.7. The van der Waals surface area contributed by atoms with E-state index in [0.29, 0.717) is 38.1 Å². The summed E-state index contributed by atoms with van der Waals surface area (Å²) >= 11 is 0. The number of likely N-dealkylation sites (tertiary alicyclic amines) is 1. The Hall–Kier alpha value is -3.48. The molecule has 7 nitrogen and oxygen atoms in total. The van der Waals surface area contributed by atoms with Crippen molar-refractivity contribution in [2.75, 3.05) is 26.3 Å². The smallest absolute Gasteiger partial charge is 0.339 e. The molecule has 1 saturated heterocycles. The highest BCUT2D eigenvalue weighted by Gasteiger charge is 2.29. The Balaban J connectivity index is 1.59. The largest absolute Gasteiger partial charge is 0.466 e. The third-order valence-corrected chi connectivity index (χ3v) is 5.50. The van der Waals surface area contributed by atoms with Gasteiger partial charge in [0.15, 0.2) is 12.4 Å². The lowest BCUT2D eigenvalue weighted by Crippen LogP contribution is -2.42. The Morgan fingerprint density at radius 1 is 0.906 bits per heavy atom. The Labute approximate surface area is 187 Å². The number of hydrogen-bond donors (Lipinski definition) is 0. The fourth-order valence-electron chi connectivity index (χ4n) is 3.64. The predicted octanol–water partition coefficient (Wildman–Crippen LogP) is 3.18. The average Bonchev–Trinajstić information content (AvgIpc) is 2.82. The van der Waals surface area contributed by atoms with Crippen LogP contribution in [0.25, 0.3) is 0 Å². The number of benzene rings is 2. The first-order chi connectivity index (χ1) is 15.4. The van der Waals surface area contributed by atoms with E-state index in [1.165, 1.54) is 6.07 Å². The van der Waals surface area contributed by atoms with Gasteiger partial charge in [-0.25, -0.2) is 4.79 Å². The highest BCUT2D eigenvalue weighted by molar-refractivity contribution is 6.14. The number of amides is 1. The van der Waals surface area contributed by atoms with Crippen molar-refractivity contribution in [2.24, 2.45) is 5.92 Å². The molecule has 0 bridgehead atoms. The van der Waals surface area contributed by atoms with E-state index in [4.69, 9.17) is 9.47 Å². The lowest BCUT2D eigenvalue weighted by Gasteiger charge is -2.30. The number of piperidine rings is 1. The third kappa shape index (κ3) is 5.60. The molecule has 32 heavy (non-hydrogen) atoms. The highest BCUT2D eigenvalue weighted by atomic mass is 16.5. The summed E-state index contributed by atoms with van der Waals surface area (Å²) in [5.41, 5.74) is 1.84. The Morgan fingerprint density at radius 2 is 1.53 bits per heavy atom. The zero-order valence-electron chi connectivity index (χ0n) is 18.3. The standard InChI is InChI=1S/C25H27NO6/c1-3-31-24(29)19-12-14-26(15-13-19)22(27)16-32-25(30)21-7-5-4-6-20(21)23(28)18-10-8-17(2)9-11-18/h4-11,19H,3,12-16H2,1-2H3. The minimum absolute atomic E-state index is 0.117. The van der Waals surface area contributed by atoms with Crippen LogP contribution < -0.4 is 0 Å². The molecule has 7 heteroatoms. The van der Waals surface area contributed by atoms with Crippen LogP contribution in [-0.2, 0) is 19.1 Å². The molecule has 0 aromatic heterocycles. The molecule has 0 radical (unpaired) electrons. The van der Waals surface area contributed by atoms with Crippen molar-refractivity contribution >= 4 is 23.6 Å². The first kappa shape index (κ1) is 23.2. The van der Waals surface area contributed by atoms with E-state index in [2.05, 4.69) is 0 Å². The highest BCUT2D eigenvalue weighted by Crippen LogP contribution is 2.20. The van der Waals surface area contributed by atoms with Crippen LogP contribution in [0.1, 0.15) is 51.6 Å². The minimum atomic E-state index is -0.726. The van der Waals surface area contributed by atoms with Gasteiger partial charge in [0.05, 0.1) is 18.1 Å². The van der Waals surface area contributed by atoms with Crippen molar-refractivity contribution in [3.05, 3.63) is 70.8 Å². The first-order valence-corrected chi connectivity index (χ1v) is 10.7. The van der Waals surface area contributed by atoms with E-state index in [9.17, 15) is 19.2 Å². The Bertz CT molecular complexity index is 990. The lowest BCUT2D eigenvalue weighted by atomic mass is 9.97. The van der Waals surface area contributed by atoms with Crippen LogP contribution in [0.5, 0.6) is 0 Å². The van der Waals surface area contributed by atoms with E-state index in [1.807, 2.05) is 19.1 Å². The van der Waals surface area contributed by atoms with Gasteiger partial charge in [0.2, 0.25) is 0 Å². The molecule has 0 spiro atoms. The second-order valence-electron chi connectivity index (χ2n) is 7.72. The van der Waals surface area contributed by atoms with Crippen LogP contribution >= 0.6 is 0 Å². The van der Waals surface area contributed by atoms with Crippen LogP contribution in [0.4, 0.5) is 0 Å². The number of carbonyl (C=O) groups is 4. The van der Waals surface area contributed by atoms with Gasteiger partial charge in [0.1, 0.15) is 0 Å². The SMILES string of the molecule is CCOC(=O)C1CCN(C(=O)COC(=O)c2ccccc2C(=O)c2ccc(C)cc2)CC1. The number of esters is 2. The fourth-order valence-corrected chi connectivity index (χ4v) is 3.64. The molecule has 2 aromatic carbocycles. The lowest BCUT2D eigenvalue weighted by molar-refractivity contribution is -0.151. The van der Waals surface area contributed by atoms with Gasteiger partial charge in [-0.3, -0.25) is 14.4 Å². The van der Waals surface area contributed by atoms with Crippen molar-refractivity contribution in [3.63, 3.8) is 0 Å². The zero-order chi connectivity index (χ0) is 23.1. The number of ketones is 1. The normalized spacial score (nSPS) is 14.0. The zero-order valence-corrected chi connectivity index (χ0v) is 18.3. The molecule has 0 N–H and O–H groups in total. The number of nitrogens with zero attached hydrogens (tertiary/aromatic N) is 1. The number of ether oxygens (including phenoxy) is 2. The summed E-state index contributed by atoms with van der Waals surface area (Å²) in [6, 6.07) is 13.5. The van der Waals surface area contributed by atoms with Crippen LogP contribution in [0.2, 0.25) is 0 Å².